The van der Waals surface area contributed by atoms with Crippen LogP contribution < -0.4 is 11.1 Å². The third kappa shape index (κ3) is 5.59. The number of nitrogens with zero attached hydrogens (tertiary/aromatic N) is 1. The Labute approximate surface area is 170 Å². The molecule has 1 heterocycles. The lowest BCUT2D eigenvalue weighted by Crippen LogP contribution is -2.24. The van der Waals surface area contributed by atoms with Crippen molar-refractivity contribution >= 4 is 28.4 Å². The number of amides is 1. The number of H-pyrrole nitrogens is 1. The number of carbonyl (C=O) groups excluding carboxylic acids is 1. The second-order valence-corrected chi connectivity index (χ2v) is 6.28. The quantitative estimate of drug-likeness (QED) is 0.407. The number of halogens is 1. The summed E-state index contributed by atoms with van der Waals surface area (Å²) >= 11 is 4.64. The van der Waals surface area contributed by atoms with Crippen LogP contribution in [0.2, 0.25) is 0 Å². The van der Waals surface area contributed by atoms with Crippen LogP contribution in [0.4, 0.5) is 0 Å². The minimum atomic E-state index is -0.0890. The van der Waals surface area contributed by atoms with Crippen molar-refractivity contribution in [3.63, 3.8) is 0 Å². The second-order valence-electron chi connectivity index (χ2n) is 6.28. The molecule has 0 unspecified atom stereocenters. The molecule has 0 aliphatic rings. The standard InChI is InChI=1S/C21H22N4O.CH3Cl/c22-10-2-1-3-11-24-21(26)20-13-18-9-8-17(12-19(18)25-20)16-6-4-15(14-23)5-7-16;1-2/h4-9,12-13,25H,1-3,10-11,22H2,(H,24,26);1H3. The number of alkyl halides is 1. The fourth-order valence-corrected chi connectivity index (χ4v) is 2.91. The predicted octanol–water partition coefficient (Wildman–Crippen LogP) is 4.42. The minimum Gasteiger partial charge on any atom is -0.351 e. The summed E-state index contributed by atoms with van der Waals surface area (Å²) in [5.74, 6) is -0.0890. The minimum absolute atomic E-state index is 0.0890. The monoisotopic (exact) mass is 396 g/mol. The molecule has 3 rings (SSSR count). The van der Waals surface area contributed by atoms with Crippen molar-refractivity contribution in [1.82, 2.24) is 10.3 Å². The van der Waals surface area contributed by atoms with Crippen molar-refractivity contribution in [3.8, 4) is 17.2 Å². The first-order valence-corrected chi connectivity index (χ1v) is 9.96. The lowest BCUT2D eigenvalue weighted by atomic mass is 10.0. The van der Waals surface area contributed by atoms with Crippen LogP contribution in [0.1, 0.15) is 35.3 Å². The van der Waals surface area contributed by atoms with E-state index in [2.05, 4.69) is 28.0 Å². The molecule has 4 N–H and O–H groups in total. The molecule has 28 heavy (non-hydrogen) atoms. The normalized spacial score (nSPS) is 10.1. The lowest BCUT2D eigenvalue weighted by molar-refractivity contribution is 0.0949. The third-order valence-corrected chi connectivity index (χ3v) is 4.38. The van der Waals surface area contributed by atoms with E-state index >= 15 is 0 Å². The van der Waals surface area contributed by atoms with Crippen LogP contribution in [0.25, 0.3) is 22.0 Å². The molecule has 0 spiro atoms. The van der Waals surface area contributed by atoms with Gasteiger partial charge in [0.1, 0.15) is 5.69 Å². The molecule has 3 aromatic rings. The summed E-state index contributed by atoms with van der Waals surface area (Å²) in [5.41, 5.74) is 9.66. The van der Waals surface area contributed by atoms with Gasteiger partial charge >= 0.3 is 0 Å². The fourth-order valence-electron chi connectivity index (χ4n) is 2.91. The second kappa shape index (κ2) is 11.1. The Kier molecular flexibility index (Phi) is 8.54. The van der Waals surface area contributed by atoms with Gasteiger partial charge in [0.15, 0.2) is 0 Å². The summed E-state index contributed by atoms with van der Waals surface area (Å²) in [6.07, 6.45) is 4.42. The molecule has 1 aromatic heterocycles. The Bertz CT molecular complexity index is 941. The number of nitrogens with two attached hydrogens (primary N) is 1. The fraction of sp³-hybridized carbons (Fsp3) is 0.273. The molecule has 0 radical (unpaired) electrons. The van der Waals surface area contributed by atoms with E-state index in [1.165, 1.54) is 6.38 Å². The molecule has 2 aromatic carbocycles. The zero-order chi connectivity index (χ0) is 20.4. The summed E-state index contributed by atoms with van der Waals surface area (Å²) in [7, 11) is 0. The van der Waals surface area contributed by atoms with Crippen LogP contribution in [-0.2, 0) is 0 Å². The number of nitrogens with one attached hydrogen (secondary N) is 2. The van der Waals surface area contributed by atoms with E-state index in [0.717, 1.165) is 41.3 Å². The zero-order valence-corrected chi connectivity index (χ0v) is 16.7. The first kappa shape index (κ1) is 21.5. The van der Waals surface area contributed by atoms with Gasteiger partial charge in [-0.15, -0.1) is 11.6 Å². The van der Waals surface area contributed by atoms with Gasteiger partial charge in [0, 0.05) is 23.8 Å². The molecular formula is C22H25ClN4O. The molecule has 1 amide bonds. The Morgan fingerprint density at radius 3 is 2.46 bits per heavy atom. The van der Waals surface area contributed by atoms with E-state index in [4.69, 9.17) is 11.0 Å². The molecule has 5 nitrogen and oxygen atoms in total. The van der Waals surface area contributed by atoms with Gasteiger partial charge in [-0.3, -0.25) is 4.79 Å². The molecule has 0 aliphatic carbocycles. The summed E-state index contributed by atoms with van der Waals surface area (Å²) in [5, 5.41) is 12.8. The molecule has 0 atom stereocenters. The molecule has 0 saturated heterocycles. The SMILES string of the molecule is CCl.N#Cc1ccc(-c2ccc3cc(C(=O)NCCCCCN)[nH]c3c2)cc1. The first-order valence-electron chi connectivity index (χ1n) is 9.20. The van der Waals surface area contributed by atoms with Gasteiger partial charge in [0.05, 0.1) is 11.6 Å². The third-order valence-electron chi connectivity index (χ3n) is 4.38. The van der Waals surface area contributed by atoms with Gasteiger partial charge in [0.2, 0.25) is 0 Å². The zero-order valence-electron chi connectivity index (χ0n) is 16.0. The molecule has 6 heteroatoms. The van der Waals surface area contributed by atoms with Crippen LogP contribution in [0.5, 0.6) is 0 Å². The van der Waals surface area contributed by atoms with E-state index < -0.39 is 0 Å². The summed E-state index contributed by atoms with van der Waals surface area (Å²) in [6, 6.07) is 17.5. The van der Waals surface area contributed by atoms with Crippen molar-refractivity contribution in [2.24, 2.45) is 5.73 Å². The number of aromatic nitrogens is 1. The molecule has 0 bridgehead atoms. The number of unbranched alkanes of at least 4 members (excludes halogenated alkanes) is 2. The van der Waals surface area contributed by atoms with E-state index in [9.17, 15) is 4.79 Å². The maximum Gasteiger partial charge on any atom is 0.267 e. The molecule has 146 valence electrons. The van der Waals surface area contributed by atoms with E-state index in [-0.39, 0.29) is 5.91 Å². The topological polar surface area (TPSA) is 94.7 Å². The van der Waals surface area contributed by atoms with Crippen molar-refractivity contribution in [3.05, 3.63) is 59.8 Å². The molecule has 0 saturated carbocycles. The van der Waals surface area contributed by atoms with Crippen LogP contribution in [0.3, 0.4) is 0 Å². The predicted molar refractivity (Wildman–Crippen MR) is 115 cm³/mol. The van der Waals surface area contributed by atoms with Gasteiger partial charge in [-0.2, -0.15) is 5.26 Å². The number of aromatic amines is 1. The maximum atomic E-state index is 12.3. The highest BCUT2D eigenvalue weighted by Gasteiger charge is 2.10. The average molecular weight is 397 g/mol. The number of carbonyl (C=O) groups is 1. The number of nitriles is 1. The average Bonchev–Trinajstić information content (AvgIpc) is 3.18. The van der Waals surface area contributed by atoms with E-state index in [1.54, 1.807) is 12.1 Å². The summed E-state index contributed by atoms with van der Waals surface area (Å²) in [6.45, 7) is 1.35. The number of hydrogen-bond acceptors (Lipinski definition) is 3. The van der Waals surface area contributed by atoms with E-state index in [0.29, 0.717) is 24.3 Å². The number of rotatable bonds is 7. The van der Waals surface area contributed by atoms with Crippen molar-refractivity contribution in [2.75, 3.05) is 19.5 Å². The highest BCUT2D eigenvalue weighted by atomic mass is 35.5. The van der Waals surface area contributed by atoms with Crippen molar-refractivity contribution < 1.29 is 4.79 Å². The van der Waals surface area contributed by atoms with Gasteiger partial charge in [-0.1, -0.05) is 30.7 Å². The van der Waals surface area contributed by atoms with Crippen molar-refractivity contribution in [2.45, 2.75) is 19.3 Å². The van der Waals surface area contributed by atoms with Gasteiger partial charge in [-0.25, -0.2) is 0 Å². The van der Waals surface area contributed by atoms with E-state index in [1.807, 2.05) is 36.4 Å². The molecule has 0 aliphatic heterocycles. The highest BCUT2D eigenvalue weighted by molar-refractivity contribution is 6.15. The highest BCUT2D eigenvalue weighted by Crippen LogP contribution is 2.25. The smallest absolute Gasteiger partial charge is 0.267 e. The number of benzene rings is 2. The van der Waals surface area contributed by atoms with Gasteiger partial charge in [0.25, 0.3) is 5.91 Å². The van der Waals surface area contributed by atoms with Gasteiger partial charge < -0.3 is 16.0 Å². The Morgan fingerprint density at radius 2 is 1.79 bits per heavy atom. The molecule has 0 fully saturated rings. The Hall–Kier alpha value is -2.81. The van der Waals surface area contributed by atoms with Crippen LogP contribution in [0.15, 0.2) is 48.5 Å². The van der Waals surface area contributed by atoms with Crippen molar-refractivity contribution in [1.29, 1.82) is 5.26 Å². The largest absolute Gasteiger partial charge is 0.351 e. The van der Waals surface area contributed by atoms with Crippen LogP contribution in [-0.4, -0.2) is 30.4 Å². The Morgan fingerprint density at radius 1 is 1.07 bits per heavy atom. The maximum absolute atomic E-state index is 12.3. The molecular weight excluding hydrogens is 372 g/mol. The summed E-state index contributed by atoms with van der Waals surface area (Å²) in [4.78, 5) is 15.5. The Balaban J connectivity index is 0.00000136. The lowest BCUT2D eigenvalue weighted by Gasteiger charge is -2.03. The van der Waals surface area contributed by atoms with Gasteiger partial charge in [-0.05, 0) is 54.8 Å². The first-order chi connectivity index (χ1) is 13.7. The summed E-state index contributed by atoms with van der Waals surface area (Å²) < 4.78 is 0. The number of fused-ring (bicyclic) bond motifs is 1. The van der Waals surface area contributed by atoms with Crippen LogP contribution >= 0.6 is 11.6 Å². The number of hydrogen-bond donors (Lipinski definition) is 3. The van der Waals surface area contributed by atoms with Crippen LogP contribution in [0, 0.1) is 11.3 Å².